The summed E-state index contributed by atoms with van der Waals surface area (Å²) in [5, 5.41) is 3.22. The van der Waals surface area contributed by atoms with Crippen molar-refractivity contribution in [3.63, 3.8) is 0 Å². The van der Waals surface area contributed by atoms with Crippen LogP contribution < -0.4 is 5.32 Å². The molecule has 1 saturated heterocycles. The van der Waals surface area contributed by atoms with Gasteiger partial charge >= 0.3 is 12.1 Å². The van der Waals surface area contributed by atoms with Crippen molar-refractivity contribution < 1.29 is 38.3 Å². The minimum atomic E-state index is -1.30. The zero-order valence-corrected chi connectivity index (χ0v) is 17.5. The SMILES string of the molecule is CC(C)=CC(=O)NCC1CCC(C(=O)OC(C)OC(=O)ON2C(=O)CCC2=O)CC1. The van der Waals surface area contributed by atoms with E-state index in [1.165, 1.54) is 6.92 Å². The summed E-state index contributed by atoms with van der Waals surface area (Å²) in [6, 6.07) is 0. The molecule has 0 aromatic carbocycles. The van der Waals surface area contributed by atoms with Crippen molar-refractivity contribution in [1.82, 2.24) is 10.4 Å². The highest BCUT2D eigenvalue weighted by molar-refractivity contribution is 6.01. The molecule has 1 heterocycles. The first kappa shape index (κ1) is 23.4. The third kappa shape index (κ3) is 7.16. The zero-order chi connectivity index (χ0) is 22.3. The van der Waals surface area contributed by atoms with Crippen LogP contribution >= 0.6 is 0 Å². The van der Waals surface area contributed by atoms with Gasteiger partial charge in [-0.15, -0.1) is 0 Å². The molecule has 1 atom stereocenters. The Morgan fingerprint density at radius 3 is 2.23 bits per heavy atom. The second-order valence-corrected chi connectivity index (χ2v) is 7.73. The lowest BCUT2D eigenvalue weighted by Crippen LogP contribution is -2.35. The molecule has 0 bridgehead atoms. The Labute approximate surface area is 174 Å². The fourth-order valence-electron chi connectivity index (χ4n) is 3.33. The molecule has 3 amide bonds. The number of ether oxygens (including phenoxy) is 2. The fraction of sp³-hybridized carbons (Fsp3) is 0.650. The van der Waals surface area contributed by atoms with Crippen LogP contribution in [0.1, 0.15) is 59.3 Å². The molecular weight excluding hydrogens is 396 g/mol. The molecule has 30 heavy (non-hydrogen) atoms. The minimum absolute atomic E-state index is 0.0298. The molecular formula is C20H28N2O8. The molecule has 2 aliphatic rings. The van der Waals surface area contributed by atoms with Gasteiger partial charge in [-0.3, -0.25) is 24.0 Å². The monoisotopic (exact) mass is 424 g/mol. The molecule has 0 aromatic rings. The molecule has 0 spiro atoms. The zero-order valence-electron chi connectivity index (χ0n) is 17.5. The van der Waals surface area contributed by atoms with Crippen LogP contribution in [0.5, 0.6) is 0 Å². The average molecular weight is 424 g/mol. The van der Waals surface area contributed by atoms with Crippen LogP contribution in [0.25, 0.3) is 0 Å². The number of hydrogen-bond donors (Lipinski definition) is 1. The van der Waals surface area contributed by atoms with E-state index in [1.807, 2.05) is 13.8 Å². The Kier molecular flexibility index (Phi) is 8.37. The maximum atomic E-state index is 12.3. The van der Waals surface area contributed by atoms with Crippen LogP contribution in [-0.2, 0) is 33.5 Å². The molecule has 1 unspecified atom stereocenters. The Balaban J connectivity index is 1.68. The predicted octanol–water partition coefficient (Wildman–Crippen LogP) is 1.98. The summed E-state index contributed by atoms with van der Waals surface area (Å²) in [4.78, 5) is 63.0. The molecule has 1 saturated carbocycles. The van der Waals surface area contributed by atoms with Gasteiger partial charge in [-0.25, -0.2) is 4.79 Å². The summed E-state index contributed by atoms with van der Waals surface area (Å²) in [7, 11) is 0. The molecule has 2 rings (SSSR count). The maximum Gasteiger partial charge on any atom is 0.537 e. The normalized spacial score (nSPS) is 22.2. The molecule has 1 N–H and O–H groups in total. The summed E-state index contributed by atoms with van der Waals surface area (Å²) in [6.45, 7) is 5.61. The molecule has 1 aliphatic carbocycles. The number of imide groups is 1. The number of carbonyl (C=O) groups is 5. The van der Waals surface area contributed by atoms with Crippen LogP contribution in [-0.4, -0.2) is 47.7 Å². The summed E-state index contributed by atoms with van der Waals surface area (Å²) in [5.41, 5.74) is 0.929. The number of esters is 1. The van der Waals surface area contributed by atoms with E-state index in [1.54, 1.807) is 6.08 Å². The molecule has 10 heteroatoms. The first-order valence-electron chi connectivity index (χ1n) is 10.0. The highest BCUT2D eigenvalue weighted by Crippen LogP contribution is 2.29. The first-order chi connectivity index (χ1) is 14.2. The van der Waals surface area contributed by atoms with E-state index in [9.17, 15) is 24.0 Å². The molecule has 1 aliphatic heterocycles. The summed E-state index contributed by atoms with van der Waals surface area (Å²) in [5.74, 6) is -1.89. The van der Waals surface area contributed by atoms with Crippen LogP contribution in [0.15, 0.2) is 11.6 Å². The predicted molar refractivity (Wildman–Crippen MR) is 102 cm³/mol. The second kappa shape index (κ2) is 10.7. The van der Waals surface area contributed by atoms with Crippen molar-refractivity contribution in [2.45, 2.75) is 65.6 Å². The van der Waals surface area contributed by atoms with E-state index >= 15 is 0 Å². The number of amides is 3. The molecule has 2 fully saturated rings. The van der Waals surface area contributed by atoms with Gasteiger partial charge in [0.1, 0.15) is 0 Å². The lowest BCUT2D eigenvalue weighted by Gasteiger charge is -2.28. The first-order valence-corrected chi connectivity index (χ1v) is 10.0. The third-order valence-electron chi connectivity index (χ3n) is 4.88. The topological polar surface area (TPSA) is 128 Å². The van der Waals surface area contributed by atoms with Gasteiger partial charge in [0.05, 0.1) is 5.92 Å². The van der Waals surface area contributed by atoms with E-state index in [-0.39, 0.29) is 24.7 Å². The van der Waals surface area contributed by atoms with Crippen molar-refractivity contribution in [3.8, 4) is 0 Å². The van der Waals surface area contributed by atoms with Crippen LogP contribution in [0.4, 0.5) is 4.79 Å². The average Bonchev–Trinajstić information content (AvgIpc) is 2.98. The quantitative estimate of drug-likeness (QED) is 0.284. The van der Waals surface area contributed by atoms with Crippen molar-refractivity contribution in [2.75, 3.05) is 6.54 Å². The van der Waals surface area contributed by atoms with Crippen molar-refractivity contribution in [2.24, 2.45) is 11.8 Å². The van der Waals surface area contributed by atoms with Crippen molar-refractivity contribution in [3.05, 3.63) is 11.6 Å². The number of nitrogens with zero attached hydrogens (tertiary/aromatic N) is 1. The Hall–Kier alpha value is -2.91. The van der Waals surface area contributed by atoms with Gasteiger partial charge in [0, 0.05) is 32.4 Å². The van der Waals surface area contributed by atoms with Crippen LogP contribution in [0, 0.1) is 11.8 Å². The number of hydrogen-bond acceptors (Lipinski definition) is 8. The summed E-state index contributed by atoms with van der Waals surface area (Å²) >= 11 is 0. The number of allylic oxidation sites excluding steroid dienone is 1. The van der Waals surface area contributed by atoms with Gasteiger partial charge in [-0.2, -0.15) is 0 Å². The smallest absolute Gasteiger partial charge is 0.425 e. The third-order valence-corrected chi connectivity index (χ3v) is 4.88. The van der Waals surface area contributed by atoms with E-state index in [2.05, 4.69) is 10.2 Å². The van der Waals surface area contributed by atoms with E-state index < -0.39 is 30.2 Å². The van der Waals surface area contributed by atoms with E-state index in [0.29, 0.717) is 30.4 Å². The molecule has 0 aromatic heterocycles. The minimum Gasteiger partial charge on any atom is -0.425 e. The second-order valence-electron chi connectivity index (χ2n) is 7.73. The lowest BCUT2D eigenvalue weighted by atomic mass is 9.82. The van der Waals surface area contributed by atoms with Gasteiger partial charge in [-0.1, -0.05) is 10.6 Å². The van der Waals surface area contributed by atoms with Gasteiger partial charge in [0.2, 0.25) is 12.2 Å². The number of nitrogens with one attached hydrogen (secondary N) is 1. The number of hydroxylamine groups is 2. The van der Waals surface area contributed by atoms with Crippen LogP contribution in [0.3, 0.4) is 0 Å². The summed E-state index contributed by atoms with van der Waals surface area (Å²) in [6.07, 6.45) is 1.72. The largest absolute Gasteiger partial charge is 0.537 e. The molecule has 10 nitrogen and oxygen atoms in total. The highest BCUT2D eigenvalue weighted by Gasteiger charge is 2.34. The Morgan fingerprint density at radius 1 is 1.07 bits per heavy atom. The number of rotatable bonds is 7. The van der Waals surface area contributed by atoms with E-state index in [0.717, 1.165) is 18.4 Å². The lowest BCUT2D eigenvalue weighted by molar-refractivity contribution is -0.193. The fourth-order valence-corrected chi connectivity index (χ4v) is 3.33. The molecule has 0 radical (unpaired) electrons. The van der Waals surface area contributed by atoms with E-state index in [4.69, 9.17) is 9.47 Å². The highest BCUT2D eigenvalue weighted by atomic mass is 16.9. The Morgan fingerprint density at radius 2 is 1.67 bits per heavy atom. The van der Waals surface area contributed by atoms with Crippen molar-refractivity contribution in [1.29, 1.82) is 0 Å². The van der Waals surface area contributed by atoms with Gasteiger partial charge < -0.3 is 14.8 Å². The van der Waals surface area contributed by atoms with Gasteiger partial charge in [0.15, 0.2) is 0 Å². The van der Waals surface area contributed by atoms with Gasteiger partial charge in [-0.05, 0) is 45.4 Å². The van der Waals surface area contributed by atoms with Crippen LogP contribution in [0.2, 0.25) is 0 Å². The molecule has 166 valence electrons. The Bertz CT molecular complexity index is 704. The van der Waals surface area contributed by atoms with Crippen molar-refractivity contribution >= 4 is 29.8 Å². The maximum absolute atomic E-state index is 12.3. The number of carbonyl (C=O) groups excluding carboxylic acids is 5. The summed E-state index contributed by atoms with van der Waals surface area (Å²) < 4.78 is 9.91. The van der Waals surface area contributed by atoms with Gasteiger partial charge in [0.25, 0.3) is 11.8 Å². The standard InChI is InChI=1S/C20H28N2O8/c1-12(2)10-16(23)21-11-14-4-6-15(7-5-14)19(26)28-13(3)29-20(27)30-22-17(24)8-9-18(22)25/h10,13-15H,4-9,11H2,1-3H3,(H,21,23).